The third-order valence-corrected chi connectivity index (χ3v) is 1.77. The van der Waals surface area contributed by atoms with Crippen molar-refractivity contribution < 1.29 is 4.42 Å². The SMILES string of the molecule is Nc1ncc(-c2ncc(Br)cn2)o1. The van der Waals surface area contributed by atoms with Crippen molar-refractivity contribution in [1.29, 1.82) is 0 Å². The number of nitrogen functional groups attached to an aromatic ring is 1. The fourth-order valence-electron chi connectivity index (χ4n) is 0.831. The van der Waals surface area contributed by atoms with Gasteiger partial charge in [-0.25, -0.2) is 15.0 Å². The first kappa shape index (κ1) is 8.18. The number of nitrogens with two attached hydrogens (primary N) is 1. The van der Waals surface area contributed by atoms with E-state index < -0.39 is 0 Å². The summed E-state index contributed by atoms with van der Waals surface area (Å²) < 4.78 is 5.84. The lowest BCUT2D eigenvalue weighted by Gasteiger charge is -1.92. The predicted molar refractivity (Wildman–Crippen MR) is 49.6 cm³/mol. The molecule has 6 heteroatoms. The molecule has 0 amide bonds. The number of halogens is 1. The van der Waals surface area contributed by atoms with Crippen molar-refractivity contribution in [3.8, 4) is 11.6 Å². The van der Waals surface area contributed by atoms with Gasteiger partial charge in [-0.3, -0.25) is 0 Å². The summed E-state index contributed by atoms with van der Waals surface area (Å²) in [6.45, 7) is 0. The van der Waals surface area contributed by atoms with Gasteiger partial charge in [0.05, 0.1) is 10.7 Å². The summed E-state index contributed by atoms with van der Waals surface area (Å²) in [5, 5.41) is 0. The second kappa shape index (κ2) is 3.14. The van der Waals surface area contributed by atoms with Crippen LogP contribution < -0.4 is 5.73 Å². The maximum absolute atomic E-state index is 5.30. The predicted octanol–water partition coefficient (Wildman–Crippen LogP) is 1.48. The van der Waals surface area contributed by atoms with Gasteiger partial charge >= 0.3 is 0 Å². The van der Waals surface area contributed by atoms with Crippen LogP contribution in [0.5, 0.6) is 0 Å². The van der Waals surface area contributed by atoms with E-state index in [2.05, 4.69) is 30.9 Å². The van der Waals surface area contributed by atoms with Crippen molar-refractivity contribution in [3.63, 3.8) is 0 Å². The zero-order chi connectivity index (χ0) is 9.26. The van der Waals surface area contributed by atoms with Crippen LogP contribution in [0.2, 0.25) is 0 Å². The highest BCUT2D eigenvalue weighted by atomic mass is 79.9. The molecule has 0 atom stereocenters. The molecule has 2 aromatic rings. The molecular weight excluding hydrogens is 236 g/mol. The smallest absolute Gasteiger partial charge is 0.292 e. The summed E-state index contributed by atoms with van der Waals surface area (Å²) in [5.74, 6) is 0.928. The van der Waals surface area contributed by atoms with E-state index in [1.54, 1.807) is 12.4 Å². The topological polar surface area (TPSA) is 77.8 Å². The van der Waals surface area contributed by atoms with Gasteiger partial charge in [0, 0.05) is 12.4 Å². The minimum absolute atomic E-state index is 0.113. The van der Waals surface area contributed by atoms with Crippen molar-refractivity contribution in [1.82, 2.24) is 15.0 Å². The van der Waals surface area contributed by atoms with Gasteiger partial charge in [-0.15, -0.1) is 0 Å². The lowest BCUT2D eigenvalue weighted by molar-refractivity contribution is 0.589. The zero-order valence-electron chi connectivity index (χ0n) is 6.44. The molecule has 0 saturated carbocycles. The van der Waals surface area contributed by atoms with E-state index in [1.807, 2.05) is 0 Å². The molecule has 2 rings (SSSR count). The van der Waals surface area contributed by atoms with Crippen molar-refractivity contribution >= 4 is 21.9 Å². The summed E-state index contributed by atoms with van der Waals surface area (Å²) >= 11 is 3.23. The van der Waals surface area contributed by atoms with E-state index >= 15 is 0 Å². The minimum Gasteiger partial charge on any atom is -0.420 e. The van der Waals surface area contributed by atoms with Gasteiger partial charge < -0.3 is 10.2 Å². The molecule has 0 radical (unpaired) electrons. The first-order valence-corrected chi connectivity index (χ1v) is 4.24. The van der Waals surface area contributed by atoms with Gasteiger partial charge in [-0.2, -0.15) is 0 Å². The summed E-state index contributed by atoms with van der Waals surface area (Å²) in [7, 11) is 0. The Morgan fingerprint density at radius 2 is 1.85 bits per heavy atom. The molecule has 2 aromatic heterocycles. The van der Waals surface area contributed by atoms with Crippen LogP contribution in [0, 0.1) is 0 Å². The van der Waals surface area contributed by atoms with Crippen LogP contribution in [0.1, 0.15) is 0 Å². The van der Waals surface area contributed by atoms with Gasteiger partial charge in [-0.05, 0) is 15.9 Å². The number of hydrogen-bond acceptors (Lipinski definition) is 5. The van der Waals surface area contributed by atoms with E-state index in [-0.39, 0.29) is 6.01 Å². The van der Waals surface area contributed by atoms with Gasteiger partial charge in [0.1, 0.15) is 0 Å². The highest BCUT2D eigenvalue weighted by molar-refractivity contribution is 9.10. The van der Waals surface area contributed by atoms with Crippen molar-refractivity contribution in [2.24, 2.45) is 0 Å². The van der Waals surface area contributed by atoms with Crippen LogP contribution in [-0.2, 0) is 0 Å². The molecule has 2 heterocycles. The number of nitrogens with zero attached hydrogens (tertiary/aromatic N) is 3. The molecule has 66 valence electrons. The van der Waals surface area contributed by atoms with Crippen LogP contribution in [-0.4, -0.2) is 15.0 Å². The van der Waals surface area contributed by atoms with E-state index in [0.29, 0.717) is 11.6 Å². The Balaban J connectivity index is 2.41. The number of oxazole rings is 1. The zero-order valence-corrected chi connectivity index (χ0v) is 8.02. The van der Waals surface area contributed by atoms with Gasteiger partial charge in [0.2, 0.25) is 0 Å². The van der Waals surface area contributed by atoms with Crippen LogP contribution in [0.25, 0.3) is 11.6 Å². The molecule has 0 aliphatic carbocycles. The van der Waals surface area contributed by atoms with Crippen LogP contribution >= 0.6 is 15.9 Å². The maximum Gasteiger partial charge on any atom is 0.292 e. The Morgan fingerprint density at radius 1 is 1.15 bits per heavy atom. The second-order valence-electron chi connectivity index (χ2n) is 2.29. The molecule has 0 unspecified atom stereocenters. The standard InChI is InChI=1S/C7H5BrN4O/c8-4-1-10-6(11-2-4)5-3-12-7(9)13-5/h1-3H,(H2,9,12). The average Bonchev–Trinajstić information content (AvgIpc) is 2.53. The quantitative estimate of drug-likeness (QED) is 0.817. The molecule has 0 saturated heterocycles. The van der Waals surface area contributed by atoms with E-state index in [0.717, 1.165) is 4.47 Å². The van der Waals surface area contributed by atoms with Crippen molar-refractivity contribution in [3.05, 3.63) is 23.1 Å². The first-order valence-electron chi connectivity index (χ1n) is 3.45. The van der Waals surface area contributed by atoms with Gasteiger partial charge in [-0.1, -0.05) is 0 Å². The highest BCUT2D eigenvalue weighted by Gasteiger charge is 2.05. The number of anilines is 1. The van der Waals surface area contributed by atoms with E-state index in [1.165, 1.54) is 6.20 Å². The summed E-state index contributed by atoms with van der Waals surface area (Å²) in [6, 6.07) is 0.113. The molecule has 5 nitrogen and oxygen atoms in total. The Kier molecular flexibility index (Phi) is 1.97. The average molecular weight is 241 g/mol. The summed E-state index contributed by atoms with van der Waals surface area (Å²) in [6.07, 6.45) is 4.74. The molecule has 0 aromatic carbocycles. The largest absolute Gasteiger partial charge is 0.420 e. The van der Waals surface area contributed by atoms with Crippen molar-refractivity contribution in [2.75, 3.05) is 5.73 Å². The molecule has 2 N–H and O–H groups in total. The van der Waals surface area contributed by atoms with Crippen LogP contribution in [0.15, 0.2) is 27.5 Å². The number of hydrogen-bond donors (Lipinski definition) is 1. The molecule has 0 spiro atoms. The third-order valence-electron chi connectivity index (χ3n) is 1.36. The fourth-order valence-corrected chi connectivity index (χ4v) is 1.04. The van der Waals surface area contributed by atoms with Crippen LogP contribution in [0.3, 0.4) is 0 Å². The Morgan fingerprint density at radius 3 is 2.38 bits per heavy atom. The normalized spacial score (nSPS) is 10.2. The van der Waals surface area contributed by atoms with Crippen molar-refractivity contribution in [2.45, 2.75) is 0 Å². The molecule has 0 fully saturated rings. The Labute approximate surface area is 82.1 Å². The molecular formula is C7H5BrN4O. The second-order valence-corrected chi connectivity index (χ2v) is 3.20. The molecule has 13 heavy (non-hydrogen) atoms. The number of aromatic nitrogens is 3. The van der Waals surface area contributed by atoms with E-state index in [4.69, 9.17) is 10.2 Å². The summed E-state index contributed by atoms with van der Waals surface area (Å²) in [5.41, 5.74) is 5.30. The van der Waals surface area contributed by atoms with Gasteiger partial charge in [0.25, 0.3) is 6.01 Å². The number of rotatable bonds is 1. The lowest BCUT2D eigenvalue weighted by atomic mass is 10.5. The maximum atomic E-state index is 5.30. The molecule has 0 aliphatic heterocycles. The highest BCUT2D eigenvalue weighted by Crippen LogP contribution is 2.17. The minimum atomic E-state index is 0.113. The van der Waals surface area contributed by atoms with Gasteiger partial charge in [0.15, 0.2) is 11.6 Å². The first-order chi connectivity index (χ1) is 6.25. The Hall–Kier alpha value is -1.43. The third kappa shape index (κ3) is 1.67. The Bertz CT molecular complexity index is 411. The molecule has 0 aliphatic rings. The molecule has 0 bridgehead atoms. The van der Waals surface area contributed by atoms with Crippen LogP contribution in [0.4, 0.5) is 6.01 Å². The van der Waals surface area contributed by atoms with E-state index in [9.17, 15) is 0 Å². The monoisotopic (exact) mass is 240 g/mol. The fraction of sp³-hybridized carbons (Fsp3) is 0. The lowest BCUT2D eigenvalue weighted by Crippen LogP contribution is -1.85. The summed E-state index contributed by atoms with van der Waals surface area (Å²) in [4.78, 5) is 11.8.